The third-order valence-corrected chi connectivity index (χ3v) is 6.08. The first kappa shape index (κ1) is 20.9. The van der Waals surface area contributed by atoms with E-state index in [0.29, 0.717) is 18.2 Å². The highest BCUT2D eigenvalue weighted by atomic mass is 32.1. The molecule has 0 atom stereocenters. The van der Waals surface area contributed by atoms with Gasteiger partial charge in [-0.2, -0.15) is 5.10 Å². The number of thiazole rings is 1. The first-order valence-electron chi connectivity index (χ1n) is 9.93. The number of rotatable bonds is 8. The summed E-state index contributed by atoms with van der Waals surface area (Å²) in [6, 6.07) is 13.4. The van der Waals surface area contributed by atoms with Crippen molar-refractivity contribution < 1.29 is 14.3 Å². The number of aryl methyl sites for hydroxylation is 1. The number of carbonyl (C=O) groups is 1. The molecule has 0 saturated carbocycles. The summed E-state index contributed by atoms with van der Waals surface area (Å²) in [6.07, 6.45) is 3.90. The molecule has 4 aromatic rings. The Morgan fingerprint density at radius 3 is 2.74 bits per heavy atom. The van der Waals surface area contributed by atoms with Crippen LogP contribution in [-0.2, 0) is 17.8 Å². The Balaban J connectivity index is 1.61. The lowest BCUT2D eigenvalue weighted by molar-refractivity contribution is -0.118. The number of aromatic nitrogens is 3. The van der Waals surface area contributed by atoms with Crippen molar-refractivity contribution in [3.63, 3.8) is 0 Å². The van der Waals surface area contributed by atoms with Crippen LogP contribution in [0.5, 0.6) is 11.5 Å². The van der Waals surface area contributed by atoms with E-state index in [9.17, 15) is 4.79 Å². The van der Waals surface area contributed by atoms with E-state index in [2.05, 4.69) is 5.10 Å². The lowest BCUT2D eigenvalue weighted by Crippen LogP contribution is -2.35. The summed E-state index contributed by atoms with van der Waals surface area (Å²) in [5.74, 6) is 1.57. The molecule has 0 spiro atoms. The highest BCUT2D eigenvalue weighted by Gasteiger charge is 2.21. The minimum atomic E-state index is -0.0113. The second kappa shape index (κ2) is 9.18. The first-order chi connectivity index (χ1) is 15.1. The zero-order valence-electron chi connectivity index (χ0n) is 17.7. The van der Waals surface area contributed by atoms with Gasteiger partial charge in [-0.1, -0.05) is 23.5 Å². The molecule has 0 aliphatic rings. The zero-order valence-corrected chi connectivity index (χ0v) is 18.6. The summed E-state index contributed by atoms with van der Waals surface area (Å²) in [4.78, 5) is 19.8. The van der Waals surface area contributed by atoms with Crippen LogP contribution in [0.2, 0.25) is 0 Å². The zero-order chi connectivity index (χ0) is 21.8. The smallest absolute Gasteiger partial charge is 0.233 e. The van der Waals surface area contributed by atoms with Crippen LogP contribution in [0.3, 0.4) is 0 Å². The van der Waals surface area contributed by atoms with Gasteiger partial charge in [0.2, 0.25) is 5.91 Å². The number of methoxy groups -OCH3 is 2. The molecule has 4 rings (SSSR count). The van der Waals surface area contributed by atoms with Gasteiger partial charge in [0.25, 0.3) is 0 Å². The molecule has 0 bridgehead atoms. The van der Waals surface area contributed by atoms with Crippen molar-refractivity contribution in [2.45, 2.75) is 19.9 Å². The molecule has 2 aromatic carbocycles. The maximum atomic E-state index is 13.3. The van der Waals surface area contributed by atoms with Gasteiger partial charge in [0.1, 0.15) is 11.5 Å². The van der Waals surface area contributed by atoms with Gasteiger partial charge in [0, 0.05) is 18.9 Å². The number of carbonyl (C=O) groups excluding carboxylic acids is 1. The predicted octanol–water partition coefficient (Wildman–Crippen LogP) is 4.09. The molecule has 1 amide bonds. The quantitative estimate of drug-likeness (QED) is 0.416. The number of nitrogens with zero attached hydrogens (tertiary/aromatic N) is 4. The minimum absolute atomic E-state index is 0.0113. The van der Waals surface area contributed by atoms with Crippen LogP contribution < -0.4 is 14.4 Å². The molecular weight excluding hydrogens is 412 g/mol. The number of fused-ring (bicyclic) bond motifs is 1. The van der Waals surface area contributed by atoms with E-state index in [1.54, 1.807) is 25.3 Å². The van der Waals surface area contributed by atoms with Crippen LogP contribution in [0, 0.1) is 6.92 Å². The van der Waals surface area contributed by atoms with Crippen LogP contribution >= 0.6 is 11.3 Å². The maximum absolute atomic E-state index is 13.3. The van der Waals surface area contributed by atoms with Crippen molar-refractivity contribution in [1.29, 1.82) is 0 Å². The summed E-state index contributed by atoms with van der Waals surface area (Å²) >= 11 is 1.48. The summed E-state index contributed by atoms with van der Waals surface area (Å²) in [5, 5.41) is 4.92. The van der Waals surface area contributed by atoms with Crippen molar-refractivity contribution in [2.75, 3.05) is 25.7 Å². The van der Waals surface area contributed by atoms with Crippen molar-refractivity contribution in [1.82, 2.24) is 14.8 Å². The largest absolute Gasteiger partial charge is 0.497 e. The van der Waals surface area contributed by atoms with Gasteiger partial charge in [0.05, 0.1) is 37.4 Å². The molecule has 2 aromatic heterocycles. The maximum Gasteiger partial charge on any atom is 0.233 e. The predicted molar refractivity (Wildman–Crippen MR) is 122 cm³/mol. The second-order valence-corrected chi connectivity index (χ2v) is 8.13. The Morgan fingerprint density at radius 2 is 2.03 bits per heavy atom. The summed E-state index contributed by atoms with van der Waals surface area (Å²) in [7, 11) is 3.28. The van der Waals surface area contributed by atoms with Crippen LogP contribution in [0.15, 0.2) is 54.9 Å². The van der Waals surface area contributed by atoms with Crippen molar-refractivity contribution in [3.8, 4) is 11.5 Å². The number of anilines is 1. The molecule has 0 aliphatic carbocycles. The van der Waals surface area contributed by atoms with E-state index in [-0.39, 0.29) is 12.3 Å². The van der Waals surface area contributed by atoms with E-state index in [1.165, 1.54) is 11.3 Å². The molecule has 2 heterocycles. The highest BCUT2D eigenvalue weighted by Crippen LogP contribution is 2.32. The average molecular weight is 437 g/mol. The van der Waals surface area contributed by atoms with Crippen molar-refractivity contribution in [3.05, 3.63) is 66.0 Å². The van der Waals surface area contributed by atoms with E-state index < -0.39 is 0 Å². The molecule has 0 aliphatic heterocycles. The molecule has 31 heavy (non-hydrogen) atoms. The summed E-state index contributed by atoms with van der Waals surface area (Å²) in [5.41, 5.74) is 2.79. The standard InChI is InChI=1S/C23H24N4O3S/c1-16-13-17(5-8-20(16)30-3)14-22(28)27(12-11-26-10-4-9-24-26)23-25-19-7-6-18(29-2)15-21(19)31-23/h4-10,13,15H,11-12,14H2,1-3H3. The third kappa shape index (κ3) is 4.69. The van der Waals surface area contributed by atoms with Crippen LogP contribution in [-0.4, -0.2) is 41.4 Å². The SMILES string of the molecule is COc1ccc2nc(N(CCn3cccn3)C(=O)Cc3ccc(OC)c(C)c3)sc2c1. The van der Waals surface area contributed by atoms with Gasteiger partial charge in [-0.15, -0.1) is 0 Å². The second-order valence-electron chi connectivity index (χ2n) is 7.13. The van der Waals surface area contributed by atoms with Crippen LogP contribution in [0.25, 0.3) is 10.2 Å². The Labute approximate surface area is 184 Å². The molecule has 0 N–H and O–H groups in total. The van der Waals surface area contributed by atoms with Gasteiger partial charge >= 0.3 is 0 Å². The Bertz CT molecular complexity index is 1190. The fourth-order valence-electron chi connectivity index (χ4n) is 3.42. The molecule has 0 fully saturated rings. The van der Waals surface area contributed by atoms with Crippen LogP contribution in [0.4, 0.5) is 5.13 Å². The van der Waals surface area contributed by atoms with Crippen LogP contribution in [0.1, 0.15) is 11.1 Å². The van der Waals surface area contributed by atoms with Gasteiger partial charge in [-0.05, 0) is 48.4 Å². The molecule has 0 unspecified atom stereocenters. The topological polar surface area (TPSA) is 69.5 Å². The van der Waals surface area contributed by atoms with Crippen molar-refractivity contribution in [2.24, 2.45) is 0 Å². The first-order valence-corrected chi connectivity index (χ1v) is 10.7. The molecule has 0 saturated heterocycles. The Hall–Kier alpha value is -3.39. The highest BCUT2D eigenvalue weighted by molar-refractivity contribution is 7.22. The lowest BCUT2D eigenvalue weighted by Gasteiger charge is -2.20. The van der Waals surface area contributed by atoms with E-state index in [4.69, 9.17) is 14.5 Å². The number of amides is 1. The monoisotopic (exact) mass is 436 g/mol. The van der Waals surface area contributed by atoms with E-state index in [1.807, 2.05) is 60.3 Å². The fraction of sp³-hybridized carbons (Fsp3) is 0.261. The molecule has 7 nitrogen and oxygen atoms in total. The Kier molecular flexibility index (Phi) is 6.18. The van der Waals surface area contributed by atoms with Gasteiger partial charge < -0.3 is 9.47 Å². The fourth-order valence-corrected chi connectivity index (χ4v) is 4.46. The number of hydrogen-bond donors (Lipinski definition) is 0. The average Bonchev–Trinajstić information content (AvgIpc) is 3.43. The molecular formula is C23H24N4O3S. The van der Waals surface area contributed by atoms with E-state index in [0.717, 1.165) is 32.8 Å². The number of ether oxygens (including phenoxy) is 2. The van der Waals surface area contributed by atoms with Gasteiger partial charge in [-0.25, -0.2) is 4.98 Å². The third-order valence-electron chi connectivity index (χ3n) is 5.04. The summed E-state index contributed by atoms with van der Waals surface area (Å²) < 4.78 is 13.4. The van der Waals surface area contributed by atoms with E-state index >= 15 is 0 Å². The van der Waals surface area contributed by atoms with Gasteiger partial charge in [0.15, 0.2) is 5.13 Å². The molecule has 160 valence electrons. The normalized spacial score (nSPS) is 10.9. The molecule has 0 radical (unpaired) electrons. The van der Waals surface area contributed by atoms with Crippen molar-refractivity contribution >= 4 is 32.6 Å². The Morgan fingerprint density at radius 1 is 1.16 bits per heavy atom. The summed E-state index contributed by atoms with van der Waals surface area (Å²) in [6.45, 7) is 3.04. The molecule has 8 heteroatoms. The number of benzene rings is 2. The number of hydrogen-bond acceptors (Lipinski definition) is 6. The minimum Gasteiger partial charge on any atom is -0.497 e. The lowest BCUT2D eigenvalue weighted by atomic mass is 10.1. The van der Waals surface area contributed by atoms with Gasteiger partial charge in [-0.3, -0.25) is 14.4 Å².